The van der Waals surface area contributed by atoms with Crippen LogP contribution in [0, 0.1) is 16.0 Å². The van der Waals surface area contributed by atoms with Gasteiger partial charge >= 0.3 is 0 Å². The Balaban J connectivity index is 2.24. The van der Waals surface area contributed by atoms with E-state index in [-0.39, 0.29) is 28.9 Å². The molecule has 0 heterocycles. The van der Waals surface area contributed by atoms with E-state index in [4.69, 9.17) is 5.11 Å². The lowest BCUT2D eigenvalue weighted by atomic mass is 10.2. The second-order valence-electron chi connectivity index (χ2n) is 3.72. The molecule has 2 rings (SSSR count). The first-order chi connectivity index (χ1) is 7.58. The summed E-state index contributed by atoms with van der Waals surface area (Å²) in [5.41, 5.74) is -0.172. The normalized spacial score (nSPS) is 14.5. The van der Waals surface area contributed by atoms with Crippen LogP contribution in [0.4, 0.5) is 11.4 Å². The van der Waals surface area contributed by atoms with Crippen LogP contribution in [0.15, 0.2) is 18.2 Å². The minimum atomic E-state index is -0.637. The van der Waals surface area contributed by atoms with Gasteiger partial charge in [0, 0.05) is 5.92 Å². The summed E-state index contributed by atoms with van der Waals surface area (Å²) in [6.07, 6.45) is 1.66. The predicted octanol–water partition coefficient (Wildman–Crippen LogP) is 1.65. The van der Waals surface area contributed by atoms with Crippen molar-refractivity contribution in [1.82, 2.24) is 0 Å². The maximum atomic E-state index is 11.4. The number of nitrogens with zero attached hydrogens (tertiary/aromatic N) is 1. The minimum Gasteiger partial charge on any atom is -0.508 e. The molecule has 84 valence electrons. The zero-order valence-electron chi connectivity index (χ0n) is 8.34. The number of hydrogen-bond acceptors (Lipinski definition) is 4. The van der Waals surface area contributed by atoms with E-state index in [1.54, 1.807) is 0 Å². The average molecular weight is 222 g/mol. The fraction of sp³-hybridized carbons (Fsp3) is 0.300. The van der Waals surface area contributed by atoms with E-state index in [1.807, 2.05) is 0 Å². The van der Waals surface area contributed by atoms with Gasteiger partial charge in [-0.3, -0.25) is 14.9 Å². The van der Waals surface area contributed by atoms with E-state index in [9.17, 15) is 14.9 Å². The van der Waals surface area contributed by atoms with Crippen LogP contribution in [-0.2, 0) is 4.79 Å². The van der Waals surface area contributed by atoms with E-state index in [2.05, 4.69) is 5.32 Å². The molecule has 2 N–H and O–H groups in total. The highest BCUT2D eigenvalue weighted by Crippen LogP contribution is 2.33. The number of aromatic hydroxyl groups is 1. The SMILES string of the molecule is O=C(Nc1ccc(O)cc1[N+](=O)[O-])C1CC1. The molecular weight excluding hydrogens is 212 g/mol. The largest absolute Gasteiger partial charge is 0.508 e. The number of nitro benzene ring substituents is 1. The highest BCUT2D eigenvalue weighted by Gasteiger charge is 2.30. The van der Waals surface area contributed by atoms with Gasteiger partial charge in [-0.15, -0.1) is 0 Å². The molecule has 0 atom stereocenters. The molecule has 16 heavy (non-hydrogen) atoms. The van der Waals surface area contributed by atoms with Crippen molar-refractivity contribution in [2.45, 2.75) is 12.8 Å². The molecule has 0 spiro atoms. The summed E-state index contributed by atoms with van der Waals surface area (Å²) in [6.45, 7) is 0. The predicted molar refractivity (Wildman–Crippen MR) is 56.1 cm³/mol. The quantitative estimate of drug-likeness (QED) is 0.462. The Morgan fingerprint density at radius 2 is 2.19 bits per heavy atom. The molecule has 0 saturated heterocycles. The number of benzene rings is 1. The number of amides is 1. The van der Waals surface area contributed by atoms with E-state index in [0.717, 1.165) is 18.9 Å². The van der Waals surface area contributed by atoms with Crippen molar-refractivity contribution in [2.24, 2.45) is 5.92 Å². The zero-order valence-corrected chi connectivity index (χ0v) is 8.34. The van der Waals surface area contributed by atoms with Gasteiger partial charge in [0.15, 0.2) is 0 Å². The Kier molecular flexibility index (Phi) is 2.47. The lowest BCUT2D eigenvalue weighted by Gasteiger charge is -2.05. The third kappa shape index (κ3) is 2.10. The average Bonchev–Trinajstić information content (AvgIpc) is 3.03. The smallest absolute Gasteiger partial charge is 0.296 e. The minimum absolute atomic E-state index is 0.0200. The molecule has 1 saturated carbocycles. The van der Waals surface area contributed by atoms with Crippen molar-refractivity contribution < 1.29 is 14.8 Å². The number of nitro groups is 1. The number of rotatable bonds is 3. The van der Waals surface area contributed by atoms with Crippen molar-refractivity contribution >= 4 is 17.3 Å². The van der Waals surface area contributed by atoms with Gasteiger partial charge in [0.25, 0.3) is 5.69 Å². The molecule has 0 aliphatic heterocycles. The van der Waals surface area contributed by atoms with E-state index >= 15 is 0 Å². The van der Waals surface area contributed by atoms with Gasteiger partial charge in [-0.1, -0.05) is 0 Å². The van der Waals surface area contributed by atoms with Gasteiger partial charge in [-0.2, -0.15) is 0 Å². The summed E-state index contributed by atoms with van der Waals surface area (Å²) >= 11 is 0. The zero-order chi connectivity index (χ0) is 11.7. The third-order valence-corrected chi connectivity index (χ3v) is 2.38. The monoisotopic (exact) mass is 222 g/mol. The first-order valence-corrected chi connectivity index (χ1v) is 4.86. The summed E-state index contributed by atoms with van der Waals surface area (Å²) in [5, 5.41) is 22.3. The lowest BCUT2D eigenvalue weighted by molar-refractivity contribution is -0.384. The van der Waals surface area contributed by atoms with Gasteiger partial charge < -0.3 is 10.4 Å². The van der Waals surface area contributed by atoms with Crippen molar-refractivity contribution in [3.8, 4) is 5.75 Å². The Hall–Kier alpha value is -2.11. The molecular formula is C10H10N2O4. The molecule has 6 heteroatoms. The summed E-state index contributed by atoms with van der Waals surface area (Å²) in [6, 6.07) is 3.64. The Morgan fingerprint density at radius 3 is 2.75 bits per heavy atom. The fourth-order valence-corrected chi connectivity index (χ4v) is 1.36. The highest BCUT2D eigenvalue weighted by atomic mass is 16.6. The summed E-state index contributed by atoms with van der Waals surface area (Å²) < 4.78 is 0. The van der Waals surface area contributed by atoms with Gasteiger partial charge in [0.2, 0.25) is 5.91 Å². The van der Waals surface area contributed by atoms with Crippen molar-refractivity contribution in [2.75, 3.05) is 5.32 Å². The molecule has 1 amide bonds. The first-order valence-electron chi connectivity index (χ1n) is 4.86. The molecule has 6 nitrogen and oxygen atoms in total. The lowest BCUT2D eigenvalue weighted by Crippen LogP contribution is -2.14. The second kappa shape index (κ2) is 3.80. The van der Waals surface area contributed by atoms with Crippen LogP contribution in [0.2, 0.25) is 0 Å². The number of carbonyl (C=O) groups is 1. The molecule has 1 aromatic rings. The Bertz CT molecular complexity index is 454. The number of phenolic OH excluding ortho intramolecular Hbond substituents is 1. The number of carbonyl (C=O) groups excluding carboxylic acids is 1. The first kappa shape index (κ1) is 10.4. The number of nitrogens with one attached hydrogen (secondary N) is 1. The molecule has 1 aliphatic rings. The second-order valence-corrected chi connectivity index (χ2v) is 3.72. The van der Waals surface area contributed by atoms with Crippen LogP contribution < -0.4 is 5.32 Å². The van der Waals surface area contributed by atoms with Crippen LogP contribution in [0.1, 0.15) is 12.8 Å². The van der Waals surface area contributed by atoms with Crippen LogP contribution in [0.3, 0.4) is 0 Å². The molecule has 1 fully saturated rings. The van der Waals surface area contributed by atoms with Gasteiger partial charge in [0.05, 0.1) is 11.0 Å². The molecule has 0 radical (unpaired) electrons. The fourth-order valence-electron chi connectivity index (χ4n) is 1.36. The van der Waals surface area contributed by atoms with Crippen molar-refractivity contribution in [3.05, 3.63) is 28.3 Å². The van der Waals surface area contributed by atoms with Crippen LogP contribution in [0.25, 0.3) is 0 Å². The summed E-state index contributed by atoms with van der Waals surface area (Å²) in [5.74, 6) is -0.418. The van der Waals surface area contributed by atoms with Crippen molar-refractivity contribution in [1.29, 1.82) is 0 Å². The van der Waals surface area contributed by atoms with Gasteiger partial charge in [-0.05, 0) is 25.0 Å². The highest BCUT2D eigenvalue weighted by molar-refractivity contribution is 5.96. The summed E-state index contributed by atoms with van der Waals surface area (Å²) in [4.78, 5) is 21.5. The van der Waals surface area contributed by atoms with E-state index < -0.39 is 4.92 Å². The molecule has 0 aromatic heterocycles. The maximum absolute atomic E-state index is 11.4. The summed E-state index contributed by atoms with van der Waals surface area (Å²) in [7, 11) is 0. The Morgan fingerprint density at radius 1 is 1.50 bits per heavy atom. The van der Waals surface area contributed by atoms with Crippen molar-refractivity contribution in [3.63, 3.8) is 0 Å². The van der Waals surface area contributed by atoms with E-state index in [1.165, 1.54) is 12.1 Å². The molecule has 1 aliphatic carbocycles. The van der Waals surface area contributed by atoms with Gasteiger partial charge in [0.1, 0.15) is 11.4 Å². The Labute approximate surface area is 91.0 Å². The van der Waals surface area contributed by atoms with Gasteiger partial charge in [-0.25, -0.2) is 0 Å². The topological polar surface area (TPSA) is 92.5 Å². The molecule has 0 unspecified atom stereocenters. The van der Waals surface area contributed by atoms with Crippen LogP contribution in [-0.4, -0.2) is 15.9 Å². The number of anilines is 1. The van der Waals surface area contributed by atoms with Crippen LogP contribution in [0.5, 0.6) is 5.75 Å². The number of phenols is 1. The standard InChI is InChI=1S/C10H10N2O4/c13-7-3-4-8(9(5-7)12(15)16)11-10(14)6-1-2-6/h3-6,13H,1-2H2,(H,11,14). The van der Waals surface area contributed by atoms with Crippen LogP contribution >= 0.6 is 0 Å². The molecule has 1 aromatic carbocycles. The number of hydrogen-bond donors (Lipinski definition) is 2. The van der Waals surface area contributed by atoms with E-state index in [0.29, 0.717) is 0 Å². The third-order valence-electron chi connectivity index (χ3n) is 2.38. The maximum Gasteiger partial charge on any atom is 0.296 e. The molecule has 0 bridgehead atoms.